The highest BCUT2D eigenvalue weighted by molar-refractivity contribution is 5.82. The minimum Gasteiger partial charge on any atom is -0.475 e. The van der Waals surface area contributed by atoms with Gasteiger partial charge in [0.1, 0.15) is 0 Å². The summed E-state index contributed by atoms with van der Waals surface area (Å²) in [6, 6.07) is 6.17. The number of anilines is 1. The predicted octanol–water partition coefficient (Wildman–Crippen LogP) is 1.95. The van der Waals surface area contributed by atoms with E-state index in [4.69, 9.17) is 15.6 Å². The summed E-state index contributed by atoms with van der Waals surface area (Å²) in [5.74, 6) is -2.71. The molecule has 1 aromatic heterocycles. The number of carboxylic acids is 1. The fraction of sp³-hybridized carbons (Fsp3) is 0.471. The van der Waals surface area contributed by atoms with Gasteiger partial charge in [-0.05, 0) is 38.0 Å². The first kappa shape index (κ1) is 21.5. The van der Waals surface area contributed by atoms with Crippen LogP contribution in [0.3, 0.4) is 0 Å². The average molecular weight is 401 g/mol. The van der Waals surface area contributed by atoms with Crippen molar-refractivity contribution in [3.8, 4) is 0 Å². The quantitative estimate of drug-likeness (QED) is 0.623. The van der Waals surface area contributed by atoms with Gasteiger partial charge in [0.2, 0.25) is 5.91 Å². The number of carbonyl (C=O) groups excluding carboxylic acids is 1. The fourth-order valence-electron chi connectivity index (χ4n) is 2.80. The van der Waals surface area contributed by atoms with Crippen molar-refractivity contribution in [2.24, 2.45) is 5.73 Å². The Morgan fingerprint density at radius 2 is 1.96 bits per heavy atom. The molecule has 8 nitrogen and oxygen atoms in total. The van der Waals surface area contributed by atoms with Crippen LogP contribution < -0.4 is 11.1 Å². The Labute approximate surface area is 158 Å². The number of aliphatic carboxylic acids is 1. The van der Waals surface area contributed by atoms with Crippen LogP contribution in [-0.4, -0.2) is 63.4 Å². The molecule has 1 amide bonds. The van der Waals surface area contributed by atoms with E-state index in [0.29, 0.717) is 6.04 Å². The molecule has 2 heterocycles. The van der Waals surface area contributed by atoms with Crippen LogP contribution in [0.15, 0.2) is 24.4 Å². The molecule has 1 aromatic carbocycles. The molecule has 1 aliphatic rings. The molecule has 0 saturated carbocycles. The van der Waals surface area contributed by atoms with E-state index in [1.807, 2.05) is 17.2 Å². The van der Waals surface area contributed by atoms with Gasteiger partial charge in [-0.3, -0.25) is 9.89 Å². The van der Waals surface area contributed by atoms with Crippen molar-refractivity contribution < 1.29 is 27.9 Å². The molecule has 0 aliphatic carbocycles. The number of hydrogen-bond donors (Lipinski definition) is 4. The largest absolute Gasteiger partial charge is 0.490 e. The molecule has 28 heavy (non-hydrogen) atoms. The Hall–Kier alpha value is -2.82. The number of benzene rings is 1. The summed E-state index contributed by atoms with van der Waals surface area (Å²) in [6.45, 7) is 3.28. The summed E-state index contributed by atoms with van der Waals surface area (Å²) in [5.41, 5.74) is 7.79. The van der Waals surface area contributed by atoms with Crippen LogP contribution >= 0.6 is 0 Å². The second-order valence-corrected chi connectivity index (χ2v) is 6.51. The number of hydrogen-bond acceptors (Lipinski definition) is 5. The van der Waals surface area contributed by atoms with Crippen LogP contribution in [0.1, 0.15) is 19.8 Å². The van der Waals surface area contributed by atoms with Gasteiger partial charge < -0.3 is 21.1 Å². The minimum absolute atomic E-state index is 0.0493. The SMILES string of the molecule is C[C@H](N)C(=O)N1CCC(Nc2ccc3[nH]ncc3c2)CC1.O=C(O)C(F)(F)F. The monoisotopic (exact) mass is 401 g/mol. The Bertz CT molecular complexity index is 814. The van der Waals surface area contributed by atoms with Gasteiger partial charge in [-0.1, -0.05) is 0 Å². The van der Waals surface area contributed by atoms with Gasteiger partial charge in [0.05, 0.1) is 17.8 Å². The topological polar surface area (TPSA) is 124 Å². The van der Waals surface area contributed by atoms with Crippen molar-refractivity contribution in [1.82, 2.24) is 15.1 Å². The van der Waals surface area contributed by atoms with Gasteiger partial charge in [0, 0.05) is 30.2 Å². The number of carbonyl (C=O) groups is 2. The zero-order chi connectivity index (χ0) is 20.9. The first-order valence-electron chi connectivity index (χ1n) is 8.62. The van der Waals surface area contributed by atoms with Crippen molar-refractivity contribution >= 4 is 28.5 Å². The zero-order valence-electron chi connectivity index (χ0n) is 15.2. The van der Waals surface area contributed by atoms with Gasteiger partial charge in [-0.15, -0.1) is 0 Å². The number of alkyl halides is 3. The normalized spacial score (nSPS) is 16.2. The van der Waals surface area contributed by atoms with Gasteiger partial charge >= 0.3 is 12.1 Å². The maximum atomic E-state index is 11.8. The van der Waals surface area contributed by atoms with Gasteiger partial charge in [0.15, 0.2) is 0 Å². The van der Waals surface area contributed by atoms with E-state index in [2.05, 4.69) is 27.6 Å². The van der Waals surface area contributed by atoms with E-state index in [9.17, 15) is 18.0 Å². The summed E-state index contributed by atoms with van der Waals surface area (Å²) in [4.78, 5) is 22.6. The number of nitrogens with one attached hydrogen (secondary N) is 2. The molecule has 2 aromatic rings. The Balaban J connectivity index is 0.000000345. The zero-order valence-corrected chi connectivity index (χ0v) is 15.2. The molecule has 1 saturated heterocycles. The molecule has 0 bridgehead atoms. The predicted molar refractivity (Wildman–Crippen MR) is 96.7 cm³/mol. The molecule has 154 valence electrons. The number of aromatic amines is 1. The van der Waals surface area contributed by atoms with Gasteiger partial charge in [-0.2, -0.15) is 18.3 Å². The van der Waals surface area contributed by atoms with E-state index in [1.54, 1.807) is 6.92 Å². The third-order valence-electron chi connectivity index (χ3n) is 4.25. The molecule has 0 radical (unpaired) electrons. The van der Waals surface area contributed by atoms with Crippen molar-refractivity contribution in [1.29, 1.82) is 0 Å². The number of halogens is 3. The fourth-order valence-corrected chi connectivity index (χ4v) is 2.80. The van der Waals surface area contributed by atoms with Gasteiger partial charge in [-0.25, -0.2) is 4.79 Å². The number of rotatable bonds is 3. The number of fused-ring (bicyclic) bond motifs is 1. The maximum Gasteiger partial charge on any atom is 0.490 e. The average Bonchev–Trinajstić information content (AvgIpc) is 3.09. The smallest absolute Gasteiger partial charge is 0.475 e. The lowest BCUT2D eigenvalue weighted by atomic mass is 10.0. The van der Waals surface area contributed by atoms with Crippen LogP contribution in [0.5, 0.6) is 0 Å². The van der Waals surface area contributed by atoms with Crippen molar-refractivity contribution in [2.75, 3.05) is 18.4 Å². The molecule has 11 heteroatoms. The van der Waals surface area contributed by atoms with Crippen LogP contribution in [0.25, 0.3) is 10.9 Å². The molecular formula is C17H22F3N5O3. The molecule has 0 unspecified atom stereocenters. The molecule has 3 rings (SSSR count). The third kappa shape index (κ3) is 5.84. The van der Waals surface area contributed by atoms with Crippen LogP contribution in [-0.2, 0) is 9.59 Å². The highest BCUT2D eigenvalue weighted by Gasteiger charge is 2.38. The maximum absolute atomic E-state index is 11.8. The number of nitrogens with zero attached hydrogens (tertiary/aromatic N) is 2. The summed E-state index contributed by atoms with van der Waals surface area (Å²) in [6.07, 6.45) is -1.37. The Morgan fingerprint density at radius 3 is 2.50 bits per heavy atom. The second-order valence-electron chi connectivity index (χ2n) is 6.51. The third-order valence-corrected chi connectivity index (χ3v) is 4.25. The Kier molecular flexibility index (Phi) is 6.84. The lowest BCUT2D eigenvalue weighted by Gasteiger charge is -2.33. The second kappa shape index (κ2) is 8.91. The number of likely N-dealkylation sites (tertiary alicyclic amines) is 1. The summed E-state index contributed by atoms with van der Waals surface area (Å²) >= 11 is 0. The van der Waals surface area contributed by atoms with E-state index in [-0.39, 0.29) is 5.91 Å². The van der Waals surface area contributed by atoms with E-state index >= 15 is 0 Å². The molecule has 5 N–H and O–H groups in total. The van der Waals surface area contributed by atoms with Crippen molar-refractivity contribution in [3.05, 3.63) is 24.4 Å². The Morgan fingerprint density at radius 1 is 1.36 bits per heavy atom. The molecule has 0 spiro atoms. The number of nitrogens with two attached hydrogens (primary N) is 1. The standard InChI is InChI=1S/C15H21N5O.C2HF3O2/c1-10(16)15(21)20-6-4-12(5-7-20)18-13-2-3-14-11(8-13)9-17-19-14;3-2(4,5)1(6)7/h2-3,8-10,12,18H,4-7,16H2,1H3,(H,17,19);(H,6,7)/t10-;/m0./s1. The highest BCUT2D eigenvalue weighted by atomic mass is 19.4. The number of piperidine rings is 1. The first-order valence-corrected chi connectivity index (χ1v) is 8.62. The van der Waals surface area contributed by atoms with E-state index < -0.39 is 18.2 Å². The van der Waals surface area contributed by atoms with Gasteiger partial charge in [0.25, 0.3) is 0 Å². The minimum atomic E-state index is -5.08. The van der Waals surface area contributed by atoms with Crippen LogP contribution in [0.4, 0.5) is 18.9 Å². The summed E-state index contributed by atoms with van der Waals surface area (Å²) < 4.78 is 31.7. The number of carboxylic acid groups (broad SMARTS) is 1. The van der Waals surface area contributed by atoms with E-state index in [0.717, 1.165) is 42.5 Å². The molecule has 1 atom stereocenters. The van der Waals surface area contributed by atoms with Crippen LogP contribution in [0.2, 0.25) is 0 Å². The summed E-state index contributed by atoms with van der Waals surface area (Å²) in [7, 11) is 0. The summed E-state index contributed by atoms with van der Waals surface area (Å²) in [5, 5.41) is 18.7. The number of amides is 1. The van der Waals surface area contributed by atoms with Crippen molar-refractivity contribution in [3.63, 3.8) is 0 Å². The molecule has 1 fully saturated rings. The highest BCUT2D eigenvalue weighted by Crippen LogP contribution is 2.21. The lowest BCUT2D eigenvalue weighted by molar-refractivity contribution is -0.192. The molecular weight excluding hydrogens is 379 g/mol. The molecule has 1 aliphatic heterocycles. The lowest BCUT2D eigenvalue weighted by Crippen LogP contribution is -2.48. The number of aromatic nitrogens is 2. The first-order chi connectivity index (χ1) is 13.1. The van der Waals surface area contributed by atoms with Crippen molar-refractivity contribution in [2.45, 2.75) is 38.0 Å². The number of H-pyrrole nitrogens is 1. The van der Waals surface area contributed by atoms with E-state index in [1.165, 1.54) is 0 Å². The van der Waals surface area contributed by atoms with Crippen LogP contribution in [0, 0.1) is 0 Å².